The summed E-state index contributed by atoms with van der Waals surface area (Å²) in [7, 11) is 0. The Hall–Kier alpha value is -1.63. The molecule has 6 nitrogen and oxygen atoms in total. The highest BCUT2D eigenvalue weighted by Crippen LogP contribution is 2.33. The Balaban J connectivity index is 2.26. The van der Waals surface area contributed by atoms with Crippen molar-refractivity contribution in [2.45, 2.75) is 31.2 Å². The number of thioether (sulfide) groups is 1. The Bertz CT molecular complexity index is 469. The number of aromatic nitrogens is 2. The number of hydrogen-bond acceptors (Lipinski definition) is 5. The van der Waals surface area contributed by atoms with Gasteiger partial charge in [-0.3, -0.25) is 9.78 Å². The molecular weight excluding hydrogens is 266 g/mol. The van der Waals surface area contributed by atoms with Crippen LogP contribution in [0.4, 0.5) is 0 Å². The minimum Gasteiger partial charge on any atom is -0.480 e. The average Bonchev–Trinajstić information content (AvgIpc) is 2.83. The molecule has 0 radical (unpaired) electrons. The number of aliphatic carboxylic acids is 1. The summed E-state index contributed by atoms with van der Waals surface area (Å²) in [4.78, 5) is 32.9. The average molecular weight is 281 g/mol. The molecule has 1 aromatic rings. The van der Waals surface area contributed by atoms with E-state index in [1.165, 1.54) is 35.3 Å². The van der Waals surface area contributed by atoms with E-state index in [9.17, 15) is 14.7 Å². The van der Waals surface area contributed by atoms with Crippen LogP contribution in [0.15, 0.2) is 18.6 Å². The standard InChI is InChI=1S/C12H15N3O3S/c1-2-3-10-15(9(7-19-10)12(17)18)11(16)8-6-13-4-5-14-8/h4-6,9-10H,2-3,7H2,1H3,(H,17,18). The van der Waals surface area contributed by atoms with E-state index >= 15 is 0 Å². The number of rotatable bonds is 4. The maximum atomic E-state index is 12.4. The molecule has 102 valence electrons. The lowest BCUT2D eigenvalue weighted by Gasteiger charge is -2.26. The lowest BCUT2D eigenvalue weighted by atomic mass is 10.2. The van der Waals surface area contributed by atoms with Crippen molar-refractivity contribution < 1.29 is 14.7 Å². The van der Waals surface area contributed by atoms with Crippen LogP contribution < -0.4 is 0 Å². The summed E-state index contributed by atoms with van der Waals surface area (Å²) in [6.07, 6.45) is 5.96. The van der Waals surface area contributed by atoms with Crippen LogP contribution in [0.2, 0.25) is 0 Å². The number of carbonyl (C=O) groups excluding carboxylic acids is 1. The molecule has 1 N–H and O–H groups in total. The highest BCUT2D eigenvalue weighted by atomic mass is 32.2. The second-order valence-electron chi connectivity index (χ2n) is 4.23. The molecule has 2 rings (SSSR count). The van der Waals surface area contributed by atoms with E-state index in [-0.39, 0.29) is 17.0 Å². The van der Waals surface area contributed by atoms with Gasteiger partial charge in [-0.15, -0.1) is 11.8 Å². The summed E-state index contributed by atoms with van der Waals surface area (Å²) < 4.78 is 0. The molecular formula is C12H15N3O3S. The lowest BCUT2D eigenvalue weighted by Crippen LogP contribution is -2.45. The van der Waals surface area contributed by atoms with Crippen molar-refractivity contribution in [3.05, 3.63) is 24.3 Å². The molecule has 1 aliphatic heterocycles. The molecule has 2 heterocycles. The smallest absolute Gasteiger partial charge is 0.327 e. The van der Waals surface area contributed by atoms with Crippen molar-refractivity contribution in [2.24, 2.45) is 0 Å². The summed E-state index contributed by atoms with van der Waals surface area (Å²) in [6, 6.07) is -0.781. The first-order valence-electron chi connectivity index (χ1n) is 6.08. The molecule has 2 unspecified atom stereocenters. The van der Waals surface area contributed by atoms with Gasteiger partial charge < -0.3 is 10.0 Å². The van der Waals surface area contributed by atoms with Crippen LogP contribution in [0.3, 0.4) is 0 Å². The summed E-state index contributed by atoms with van der Waals surface area (Å²) in [5.74, 6) is -0.904. The SMILES string of the molecule is CCCC1SCC(C(=O)O)N1C(=O)c1cnccn1. The zero-order chi connectivity index (χ0) is 13.8. The minimum atomic E-state index is -0.969. The van der Waals surface area contributed by atoms with Crippen LogP contribution in [-0.2, 0) is 4.79 Å². The van der Waals surface area contributed by atoms with Gasteiger partial charge in [0.25, 0.3) is 5.91 Å². The van der Waals surface area contributed by atoms with E-state index < -0.39 is 12.0 Å². The highest BCUT2D eigenvalue weighted by Gasteiger charge is 2.41. The van der Waals surface area contributed by atoms with Crippen LogP contribution in [0, 0.1) is 0 Å². The van der Waals surface area contributed by atoms with Gasteiger partial charge in [0.05, 0.1) is 11.6 Å². The van der Waals surface area contributed by atoms with Crippen molar-refractivity contribution in [3.63, 3.8) is 0 Å². The summed E-state index contributed by atoms with van der Waals surface area (Å²) in [5.41, 5.74) is 0.192. The van der Waals surface area contributed by atoms with Crippen LogP contribution >= 0.6 is 11.8 Å². The first kappa shape index (κ1) is 13.8. The fourth-order valence-electron chi connectivity index (χ4n) is 2.04. The fourth-order valence-corrected chi connectivity index (χ4v) is 3.55. The largest absolute Gasteiger partial charge is 0.480 e. The summed E-state index contributed by atoms with van der Waals surface area (Å²) in [6.45, 7) is 2.01. The zero-order valence-corrected chi connectivity index (χ0v) is 11.3. The Morgan fingerprint density at radius 1 is 1.53 bits per heavy atom. The van der Waals surface area contributed by atoms with E-state index in [4.69, 9.17) is 0 Å². The fraction of sp³-hybridized carbons (Fsp3) is 0.500. The van der Waals surface area contributed by atoms with Gasteiger partial charge in [0, 0.05) is 18.1 Å². The maximum Gasteiger partial charge on any atom is 0.327 e. The van der Waals surface area contributed by atoms with Crippen molar-refractivity contribution in [1.82, 2.24) is 14.9 Å². The van der Waals surface area contributed by atoms with Crippen LogP contribution in [0.5, 0.6) is 0 Å². The number of hydrogen-bond donors (Lipinski definition) is 1. The van der Waals surface area contributed by atoms with Gasteiger partial charge in [-0.05, 0) is 6.42 Å². The molecule has 1 aromatic heterocycles. The predicted octanol–water partition coefficient (Wildman–Crippen LogP) is 1.24. The summed E-state index contributed by atoms with van der Waals surface area (Å²) >= 11 is 1.51. The molecule has 1 fully saturated rings. The Morgan fingerprint density at radius 2 is 2.32 bits per heavy atom. The van der Waals surface area contributed by atoms with Gasteiger partial charge in [-0.25, -0.2) is 9.78 Å². The molecule has 0 aromatic carbocycles. The second kappa shape index (κ2) is 6.01. The van der Waals surface area contributed by atoms with Crippen LogP contribution in [-0.4, -0.2) is 49.0 Å². The van der Waals surface area contributed by atoms with Crippen molar-refractivity contribution in [1.29, 1.82) is 0 Å². The molecule has 1 saturated heterocycles. The molecule has 1 amide bonds. The molecule has 1 aliphatic rings. The Kier molecular flexibility index (Phi) is 4.36. The molecule has 2 atom stereocenters. The molecule has 7 heteroatoms. The second-order valence-corrected chi connectivity index (χ2v) is 5.44. The predicted molar refractivity (Wildman–Crippen MR) is 70.8 cm³/mol. The highest BCUT2D eigenvalue weighted by molar-refractivity contribution is 8.00. The Labute approximate surface area is 115 Å². The van der Waals surface area contributed by atoms with Gasteiger partial charge in [0.1, 0.15) is 11.7 Å². The van der Waals surface area contributed by atoms with Gasteiger partial charge in [-0.2, -0.15) is 0 Å². The number of carboxylic acids is 1. The monoisotopic (exact) mass is 281 g/mol. The maximum absolute atomic E-state index is 12.4. The summed E-state index contributed by atoms with van der Waals surface area (Å²) in [5, 5.41) is 9.13. The number of carbonyl (C=O) groups is 2. The minimum absolute atomic E-state index is 0.0967. The first-order valence-corrected chi connectivity index (χ1v) is 7.13. The van der Waals surface area contributed by atoms with Gasteiger partial charge in [-0.1, -0.05) is 13.3 Å². The number of nitrogens with zero attached hydrogens (tertiary/aromatic N) is 3. The third-order valence-corrected chi connectivity index (χ3v) is 4.29. The van der Waals surface area contributed by atoms with Crippen LogP contribution in [0.1, 0.15) is 30.3 Å². The normalized spacial score (nSPS) is 22.5. The lowest BCUT2D eigenvalue weighted by molar-refractivity contribution is -0.141. The van der Waals surface area contributed by atoms with Crippen LogP contribution in [0.25, 0.3) is 0 Å². The Morgan fingerprint density at radius 3 is 2.89 bits per heavy atom. The third-order valence-electron chi connectivity index (χ3n) is 2.93. The molecule has 0 saturated carbocycles. The number of carboxylic acid groups (broad SMARTS) is 1. The third kappa shape index (κ3) is 2.86. The van der Waals surface area contributed by atoms with E-state index in [1.54, 1.807) is 0 Å². The molecule has 0 bridgehead atoms. The zero-order valence-electron chi connectivity index (χ0n) is 10.5. The van der Waals surface area contributed by atoms with E-state index in [2.05, 4.69) is 9.97 Å². The molecule has 19 heavy (non-hydrogen) atoms. The van der Waals surface area contributed by atoms with E-state index in [0.717, 1.165) is 12.8 Å². The van der Waals surface area contributed by atoms with Crippen molar-refractivity contribution >= 4 is 23.6 Å². The first-order chi connectivity index (χ1) is 9.15. The number of amides is 1. The van der Waals surface area contributed by atoms with Crippen molar-refractivity contribution in [2.75, 3.05) is 5.75 Å². The van der Waals surface area contributed by atoms with Gasteiger partial charge in [0.2, 0.25) is 0 Å². The quantitative estimate of drug-likeness (QED) is 0.894. The topological polar surface area (TPSA) is 83.4 Å². The molecule has 0 spiro atoms. The van der Waals surface area contributed by atoms with Gasteiger partial charge >= 0.3 is 5.97 Å². The molecule has 0 aliphatic carbocycles. The van der Waals surface area contributed by atoms with Crippen molar-refractivity contribution in [3.8, 4) is 0 Å². The van der Waals surface area contributed by atoms with Gasteiger partial charge in [0.15, 0.2) is 0 Å². The van der Waals surface area contributed by atoms with E-state index in [0.29, 0.717) is 5.75 Å². The van der Waals surface area contributed by atoms with E-state index in [1.807, 2.05) is 6.92 Å².